The van der Waals surface area contributed by atoms with Crippen LogP contribution in [0.15, 0.2) is 42.5 Å². The van der Waals surface area contributed by atoms with Crippen molar-refractivity contribution in [2.75, 3.05) is 39.3 Å². The Labute approximate surface area is 179 Å². The van der Waals surface area contributed by atoms with Gasteiger partial charge in [-0.05, 0) is 68.2 Å². The van der Waals surface area contributed by atoms with Gasteiger partial charge in [0.05, 0.1) is 28.6 Å². The molecule has 0 saturated heterocycles. The largest absolute Gasteiger partial charge is 0.508 e. The summed E-state index contributed by atoms with van der Waals surface area (Å²) in [5.41, 5.74) is 1.71. The number of phenols is 1. The van der Waals surface area contributed by atoms with E-state index in [4.69, 9.17) is 24.2 Å². The number of hydrogen-bond acceptors (Lipinski definition) is 7. The number of hydrogen-bond donors (Lipinski definition) is 4. The monoisotopic (exact) mass is 437 g/mol. The van der Waals surface area contributed by atoms with E-state index >= 15 is 0 Å². The van der Waals surface area contributed by atoms with Crippen molar-refractivity contribution in [3.63, 3.8) is 0 Å². The van der Waals surface area contributed by atoms with Crippen molar-refractivity contribution in [2.24, 2.45) is 0 Å². The minimum Gasteiger partial charge on any atom is -0.508 e. The van der Waals surface area contributed by atoms with E-state index in [-0.39, 0.29) is 27.8 Å². The summed E-state index contributed by atoms with van der Waals surface area (Å²) in [7, 11) is 0.278. The van der Waals surface area contributed by atoms with E-state index in [1.807, 2.05) is 12.1 Å². The Kier molecular flexibility index (Phi) is 12.2. The molecule has 7 nitrogen and oxygen atoms in total. The molecule has 2 rings (SSSR count). The van der Waals surface area contributed by atoms with Gasteiger partial charge in [0, 0.05) is 12.2 Å². The molecule has 0 aromatic heterocycles. The lowest BCUT2D eigenvalue weighted by molar-refractivity contribution is 0.243. The predicted molar refractivity (Wildman–Crippen MR) is 119 cm³/mol. The van der Waals surface area contributed by atoms with Crippen molar-refractivity contribution in [1.29, 1.82) is 0 Å². The first-order valence-electron chi connectivity index (χ1n) is 10.2. The molecule has 0 saturated carbocycles. The van der Waals surface area contributed by atoms with Crippen molar-refractivity contribution in [1.82, 2.24) is 5.32 Å². The van der Waals surface area contributed by atoms with Crippen LogP contribution in [-0.4, -0.2) is 54.6 Å². The average Bonchev–Trinajstić information content (AvgIpc) is 2.77. The Morgan fingerprint density at radius 3 is 2.43 bits per heavy atom. The third-order valence-corrected chi connectivity index (χ3v) is 4.98. The zero-order chi connectivity index (χ0) is 21.4. The number of rotatable bonds is 16. The summed E-state index contributed by atoms with van der Waals surface area (Å²) >= 11 is 0. The summed E-state index contributed by atoms with van der Waals surface area (Å²) in [4.78, 5) is 0. The fraction of sp³-hybridized carbons (Fsp3) is 0.455. The van der Waals surface area contributed by atoms with Gasteiger partial charge >= 0.3 is 0 Å². The van der Waals surface area contributed by atoms with Crippen LogP contribution in [-0.2, 0) is 17.6 Å². The highest BCUT2D eigenvalue weighted by molar-refractivity contribution is 7.31. The first-order valence-corrected chi connectivity index (χ1v) is 11.3. The lowest BCUT2D eigenvalue weighted by atomic mass is 10.1. The normalized spacial score (nSPS) is 11.3. The third kappa shape index (κ3) is 9.74. The molecule has 0 aliphatic rings. The van der Waals surface area contributed by atoms with Gasteiger partial charge < -0.3 is 34.6 Å². The van der Waals surface area contributed by atoms with E-state index in [1.165, 1.54) is 11.6 Å². The Hall–Kier alpha value is -1.89. The van der Waals surface area contributed by atoms with E-state index in [9.17, 15) is 5.11 Å². The smallest absolute Gasteiger partial charge is 0.129 e. The standard InChI is InChI=1S/C22H32NO6P/c24-12-2-14-29-30-17-28-20-5-3-18(4-6-20)9-11-23-10-1-13-27-21-7-8-22(26)19(15-21)16-25/h3-8,15,23-26,30H,1-2,9-14,16-17H2. The molecule has 8 heteroatoms. The number of aliphatic hydroxyl groups is 2. The van der Waals surface area contributed by atoms with Crippen LogP contribution < -0.4 is 14.8 Å². The Balaban J connectivity index is 1.51. The molecule has 0 aliphatic heterocycles. The van der Waals surface area contributed by atoms with Gasteiger partial charge in [0.15, 0.2) is 0 Å². The molecule has 2 aromatic rings. The molecule has 0 bridgehead atoms. The summed E-state index contributed by atoms with van der Waals surface area (Å²) in [6, 6.07) is 13.0. The maximum Gasteiger partial charge on any atom is 0.129 e. The fourth-order valence-corrected chi connectivity index (χ4v) is 3.24. The molecular formula is C22H32NO6P. The van der Waals surface area contributed by atoms with Gasteiger partial charge in [-0.25, -0.2) is 0 Å². The van der Waals surface area contributed by atoms with Crippen LogP contribution in [0.4, 0.5) is 0 Å². The van der Waals surface area contributed by atoms with Gasteiger partial charge in [0.1, 0.15) is 23.6 Å². The fourth-order valence-electron chi connectivity index (χ4n) is 2.64. The van der Waals surface area contributed by atoms with Gasteiger partial charge in [0.2, 0.25) is 0 Å². The maximum absolute atomic E-state index is 9.54. The molecule has 0 fully saturated rings. The van der Waals surface area contributed by atoms with Crippen molar-refractivity contribution < 1.29 is 29.3 Å². The van der Waals surface area contributed by atoms with Crippen molar-refractivity contribution in [3.8, 4) is 17.2 Å². The summed E-state index contributed by atoms with van der Waals surface area (Å²) in [6.45, 7) is 2.81. The lowest BCUT2D eigenvalue weighted by Crippen LogP contribution is -2.20. The summed E-state index contributed by atoms with van der Waals surface area (Å²) < 4.78 is 16.6. The van der Waals surface area contributed by atoms with Gasteiger partial charge in [-0.3, -0.25) is 0 Å². The van der Waals surface area contributed by atoms with Crippen LogP contribution in [0.5, 0.6) is 17.2 Å². The minimum absolute atomic E-state index is 0.0785. The van der Waals surface area contributed by atoms with Crippen LogP contribution in [0.25, 0.3) is 0 Å². The second kappa shape index (κ2) is 15.0. The molecule has 4 N–H and O–H groups in total. The quantitative estimate of drug-likeness (QED) is 0.237. The molecular weight excluding hydrogens is 405 g/mol. The van der Waals surface area contributed by atoms with Crippen LogP contribution in [0.2, 0.25) is 0 Å². The van der Waals surface area contributed by atoms with Crippen molar-refractivity contribution in [3.05, 3.63) is 53.6 Å². The molecule has 1 atom stereocenters. The predicted octanol–water partition coefficient (Wildman–Crippen LogP) is 2.81. The van der Waals surface area contributed by atoms with Gasteiger partial charge in [-0.1, -0.05) is 12.1 Å². The molecule has 1 unspecified atom stereocenters. The highest BCUT2D eigenvalue weighted by Gasteiger charge is 2.02. The van der Waals surface area contributed by atoms with Crippen LogP contribution >= 0.6 is 8.81 Å². The Bertz CT molecular complexity index is 713. The van der Waals surface area contributed by atoms with Crippen LogP contribution in [0, 0.1) is 0 Å². The molecule has 0 spiro atoms. The highest BCUT2D eigenvalue weighted by Crippen LogP contribution is 2.23. The van der Waals surface area contributed by atoms with E-state index < -0.39 is 0 Å². The molecule has 0 heterocycles. The molecule has 0 aliphatic carbocycles. The average molecular weight is 437 g/mol. The van der Waals surface area contributed by atoms with E-state index in [2.05, 4.69) is 17.4 Å². The van der Waals surface area contributed by atoms with E-state index in [1.54, 1.807) is 12.1 Å². The lowest BCUT2D eigenvalue weighted by Gasteiger charge is -2.10. The molecule has 30 heavy (non-hydrogen) atoms. The van der Waals surface area contributed by atoms with Gasteiger partial charge in [0.25, 0.3) is 0 Å². The molecule has 2 aromatic carbocycles. The third-order valence-electron chi connectivity index (χ3n) is 4.31. The van der Waals surface area contributed by atoms with Gasteiger partial charge in [-0.15, -0.1) is 0 Å². The molecule has 0 amide bonds. The minimum atomic E-state index is -0.210. The summed E-state index contributed by atoms with van der Waals surface area (Å²) in [5, 5.41) is 30.8. The number of aliphatic hydroxyl groups excluding tert-OH is 2. The number of benzene rings is 2. The van der Waals surface area contributed by atoms with E-state index in [0.717, 1.165) is 31.7 Å². The number of ether oxygens (including phenoxy) is 2. The van der Waals surface area contributed by atoms with Crippen molar-refractivity contribution in [2.45, 2.75) is 25.9 Å². The topological polar surface area (TPSA) is 100 Å². The first-order chi connectivity index (χ1) is 14.7. The van der Waals surface area contributed by atoms with E-state index in [0.29, 0.717) is 37.3 Å². The zero-order valence-electron chi connectivity index (χ0n) is 17.2. The molecule has 166 valence electrons. The second-order valence-electron chi connectivity index (χ2n) is 6.65. The van der Waals surface area contributed by atoms with Gasteiger partial charge in [-0.2, -0.15) is 0 Å². The molecule has 0 radical (unpaired) electrons. The second-order valence-corrected chi connectivity index (χ2v) is 7.52. The van der Waals surface area contributed by atoms with Crippen LogP contribution in [0.1, 0.15) is 24.0 Å². The Morgan fingerprint density at radius 1 is 0.867 bits per heavy atom. The first kappa shape index (κ1) is 24.4. The summed E-state index contributed by atoms with van der Waals surface area (Å²) in [6.07, 6.45) is 2.99. The maximum atomic E-state index is 9.54. The zero-order valence-corrected chi connectivity index (χ0v) is 18.2. The van der Waals surface area contributed by atoms with Crippen molar-refractivity contribution >= 4 is 8.81 Å². The number of aromatic hydroxyl groups is 1. The summed E-state index contributed by atoms with van der Waals surface area (Å²) in [5.74, 6) is 1.56. The SMILES string of the molecule is OCCCOPCOc1ccc(CCNCCCOc2ccc(O)c(CO)c2)cc1. The number of nitrogens with one attached hydrogen (secondary N) is 1. The Morgan fingerprint density at radius 2 is 1.67 bits per heavy atom. The van der Waals surface area contributed by atoms with Crippen LogP contribution in [0.3, 0.4) is 0 Å². The highest BCUT2D eigenvalue weighted by atomic mass is 31.1.